The minimum atomic E-state index is -0.824. The summed E-state index contributed by atoms with van der Waals surface area (Å²) in [5.41, 5.74) is 3.26. The number of amides is 2. The Kier molecular flexibility index (Phi) is 5.31. The van der Waals surface area contributed by atoms with Crippen LogP contribution >= 0.6 is 0 Å². The molecule has 0 bridgehead atoms. The predicted octanol–water partition coefficient (Wildman–Crippen LogP) is 2.67. The van der Waals surface area contributed by atoms with E-state index in [9.17, 15) is 14.4 Å². The van der Waals surface area contributed by atoms with Gasteiger partial charge < -0.3 is 15.4 Å². The minimum Gasteiger partial charge on any atom is -0.465 e. The Morgan fingerprint density at radius 2 is 1.46 bits per heavy atom. The van der Waals surface area contributed by atoms with Crippen LogP contribution in [0.1, 0.15) is 21.5 Å². The van der Waals surface area contributed by atoms with Gasteiger partial charge in [0.1, 0.15) is 0 Å². The average Bonchev–Trinajstić information content (AvgIpc) is 2.57. The molecule has 124 valence electrons. The van der Waals surface area contributed by atoms with Gasteiger partial charge in [0.15, 0.2) is 0 Å². The molecule has 0 radical (unpaired) electrons. The van der Waals surface area contributed by atoms with Crippen molar-refractivity contribution in [2.75, 3.05) is 17.7 Å². The lowest BCUT2D eigenvalue weighted by atomic mass is 10.1. The molecule has 0 aliphatic rings. The highest BCUT2D eigenvalue weighted by Gasteiger charge is 2.15. The Morgan fingerprint density at radius 1 is 0.833 bits per heavy atom. The van der Waals surface area contributed by atoms with Crippen LogP contribution < -0.4 is 10.6 Å². The second-order valence-electron chi connectivity index (χ2n) is 5.28. The van der Waals surface area contributed by atoms with Gasteiger partial charge in [0.05, 0.1) is 12.7 Å². The number of esters is 1. The van der Waals surface area contributed by atoms with Crippen LogP contribution in [0, 0.1) is 13.8 Å². The van der Waals surface area contributed by atoms with Gasteiger partial charge in [0.2, 0.25) is 0 Å². The van der Waals surface area contributed by atoms with Gasteiger partial charge in [-0.25, -0.2) is 4.79 Å². The second kappa shape index (κ2) is 7.41. The molecule has 2 amide bonds. The summed E-state index contributed by atoms with van der Waals surface area (Å²) >= 11 is 0. The smallest absolute Gasteiger partial charge is 0.337 e. The number of hydrogen-bond acceptors (Lipinski definition) is 4. The Hall–Kier alpha value is -3.15. The topological polar surface area (TPSA) is 84.5 Å². The van der Waals surface area contributed by atoms with Crippen LogP contribution in [0.2, 0.25) is 0 Å². The molecule has 0 unspecified atom stereocenters. The SMILES string of the molecule is COC(=O)c1cccc(NC(=O)C(=O)Nc2ccc(C)c(C)c2)c1. The first-order valence-electron chi connectivity index (χ1n) is 7.28. The number of aryl methyl sites for hydroxylation is 2. The number of methoxy groups -OCH3 is 1. The summed E-state index contributed by atoms with van der Waals surface area (Å²) in [5, 5.41) is 4.98. The third-order valence-electron chi connectivity index (χ3n) is 3.51. The summed E-state index contributed by atoms with van der Waals surface area (Å²) in [7, 11) is 1.27. The summed E-state index contributed by atoms with van der Waals surface area (Å²) in [4.78, 5) is 35.4. The summed E-state index contributed by atoms with van der Waals surface area (Å²) in [6.45, 7) is 3.88. The average molecular weight is 326 g/mol. The van der Waals surface area contributed by atoms with E-state index in [1.807, 2.05) is 19.9 Å². The van der Waals surface area contributed by atoms with Crippen molar-refractivity contribution in [1.82, 2.24) is 0 Å². The fraction of sp³-hybridized carbons (Fsp3) is 0.167. The van der Waals surface area contributed by atoms with Gasteiger partial charge >= 0.3 is 17.8 Å². The predicted molar refractivity (Wildman–Crippen MR) is 91.0 cm³/mol. The van der Waals surface area contributed by atoms with E-state index >= 15 is 0 Å². The van der Waals surface area contributed by atoms with Crippen molar-refractivity contribution in [3.63, 3.8) is 0 Å². The van der Waals surface area contributed by atoms with Gasteiger partial charge in [0.25, 0.3) is 0 Å². The van der Waals surface area contributed by atoms with Crippen molar-refractivity contribution in [3.8, 4) is 0 Å². The van der Waals surface area contributed by atoms with Crippen LogP contribution in [0.4, 0.5) is 11.4 Å². The fourth-order valence-corrected chi connectivity index (χ4v) is 2.04. The van der Waals surface area contributed by atoms with E-state index in [0.717, 1.165) is 11.1 Å². The molecule has 24 heavy (non-hydrogen) atoms. The van der Waals surface area contributed by atoms with Crippen LogP contribution in [-0.4, -0.2) is 24.9 Å². The molecule has 2 rings (SSSR count). The molecule has 0 spiro atoms. The number of ether oxygens (including phenoxy) is 1. The third-order valence-corrected chi connectivity index (χ3v) is 3.51. The van der Waals surface area contributed by atoms with Gasteiger partial charge in [-0.15, -0.1) is 0 Å². The van der Waals surface area contributed by atoms with E-state index in [4.69, 9.17) is 0 Å². The van der Waals surface area contributed by atoms with Gasteiger partial charge in [-0.3, -0.25) is 9.59 Å². The number of hydrogen-bond donors (Lipinski definition) is 2. The molecule has 0 saturated heterocycles. The zero-order chi connectivity index (χ0) is 17.7. The number of carbonyl (C=O) groups is 3. The molecule has 2 aromatic carbocycles. The summed E-state index contributed by atoms with van der Waals surface area (Å²) < 4.78 is 4.61. The third kappa shape index (κ3) is 4.19. The first-order chi connectivity index (χ1) is 11.4. The molecule has 2 aromatic rings. The number of anilines is 2. The molecular formula is C18H18N2O4. The van der Waals surface area contributed by atoms with Crippen molar-refractivity contribution >= 4 is 29.2 Å². The number of nitrogens with one attached hydrogen (secondary N) is 2. The van der Waals surface area contributed by atoms with Gasteiger partial charge in [-0.2, -0.15) is 0 Å². The van der Waals surface area contributed by atoms with E-state index in [0.29, 0.717) is 11.4 Å². The Balaban J connectivity index is 2.05. The molecule has 6 nitrogen and oxygen atoms in total. The molecule has 0 aliphatic heterocycles. The molecule has 0 heterocycles. The minimum absolute atomic E-state index is 0.282. The Morgan fingerprint density at radius 3 is 2.04 bits per heavy atom. The Bertz CT molecular complexity index is 799. The van der Waals surface area contributed by atoms with E-state index in [1.54, 1.807) is 30.3 Å². The van der Waals surface area contributed by atoms with E-state index in [-0.39, 0.29) is 5.56 Å². The zero-order valence-corrected chi connectivity index (χ0v) is 13.7. The number of rotatable bonds is 3. The molecule has 0 saturated carbocycles. The molecule has 6 heteroatoms. The number of carbonyl (C=O) groups excluding carboxylic acids is 3. The molecular weight excluding hydrogens is 308 g/mol. The van der Waals surface area contributed by atoms with Crippen molar-refractivity contribution in [2.45, 2.75) is 13.8 Å². The van der Waals surface area contributed by atoms with Gasteiger partial charge in [-0.1, -0.05) is 12.1 Å². The summed E-state index contributed by atoms with van der Waals surface area (Å²) in [5.74, 6) is -2.14. The second-order valence-corrected chi connectivity index (χ2v) is 5.28. The van der Waals surface area contributed by atoms with E-state index < -0.39 is 17.8 Å². The normalized spacial score (nSPS) is 9.96. The van der Waals surface area contributed by atoms with Gasteiger partial charge in [0, 0.05) is 11.4 Å². The highest BCUT2D eigenvalue weighted by molar-refractivity contribution is 6.43. The lowest BCUT2D eigenvalue weighted by molar-refractivity contribution is -0.132. The fourth-order valence-electron chi connectivity index (χ4n) is 2.04. The maximum Gasteiger partial charge on any atom is 0.337 e. The maximum absolute atomic E-state index is 12.0. The molecule has 2 N–H and O–H groups in total. The summed E-state index contributed by atoms with van der Waals surface area (Å²) in [6, 6.07) is 11.5. The van der Waals surface area contributed by atoms with Gasteiger partial charge in [-0.05, 0) is 55.3 Å². The van der Waals surface area contributed by atoms with Crippen molar-refractivity contribution < 1.29 is 19.1 Å². The lowest BCUT2D eigenvalue weighted by Crippen LogP contribution is -2.29. The van der Waals surface area contributed by atoms with Crippen molar-refractivity contribution in [2.24, 2.45) is 0 Å². The highest BCUT2D eigenvalue weighted by Crippen LogP contribution is 2.15. The molecule has 0 aliphatic carbocycles. The van der Waals surface area contributed by atoms with Crippen LogP contribution in [-0.2, 0) is 14.3 Å². The van der Waals surface area contributed by atoms with Crippen molar-refractivity contribution in [1.29, 1.82) is 0 Å². The quantitative estimate of drug-likeness (QED) is 0.671. The zero-order valence-electron chi connectivity index (χ0n) is 13.7. The molecule has 0 aromatic heterocycles. The van der Waals surface area contributed by atoms with Crippen LogP contribution in [0.25, 0.3) is 0 Å². The standard InChI is InChI=1S/C18H18N2O4/c1-11-7-8-15(9-12(11)2)20-17(22)16(21)19-14-6-4-5-13(10-14)18(23)24-3/h4-10H,1-3H3,(H,19,21)(H,20,22). The molecule has 0 fully saturated rings. The highest BCUT2D eigenvalue weighted by atomic mass is 16.5. The first-order valence-corrected chi connectivity index (χ1v) is 7.28. The first kappa shape index (κ1) is 17.2. The summed E-state index contributed by atoms with van der Waals surface area (Å²) in [6.07, 6.45) is 0. The Labute approximate surface area is 139 Å². The molecule has 0 atom stereocenters. The van der Waals surface area contributed by atoms with Crippen LogP contribution in [0.3, 0.4) is 0 Å². The van der Waals surface area contributed by atoms with E-state index in [1.165, 1.54) is 13.2 Å². The largest absolute Gasteiger partial charge is 0.465 e. The lowest BCUT2D eigenvalue weighted by Gasteiger charge is -2.09. The van der Waals surface area contributed by atoms with Crippen molar-refractivity contribution in [3.05, 3.63) is 59.2 Å². The van der Waals surface area contributed by atoms with Crippen LogP contribution in [0.15, 0.2) is 42.5 Å². The van der Waals surface area contributed by atoms with Crippen LogP contribution in [0.5, 0.6) is 0 Å². The van der Waals surface area contributed by atoms with E-state index in [2.05, 4.69) is 15.4 Å². The number of benzene rings is 2. The maximum atomic E-state index is 12.0. The monoisotopic (exact) mass is 326 g/mol.